The van der Waals surface area contributed by atoms with E-state index in [4.69, 9.17) is 0 Å². The Labute approximate surface area is 114 Å². The Bertz CT molecular complexity index is 355. The maximum Gasteiger partial charge on any atom is 0.317 e. The zero-order valence-corrected chi connectivity index (χ0v) is 11.7. The predicted octanol–water partition coefficient (Wildman–Crippen LogP) is 2.07. The number of rotatable bonds is 4. The summed E-state index contributed by atoms with van der Waals surface area (Å²) >= 11 is 0. The number of nitrogens with one attached hydrogen (secondary N) is 1. The minimum absolute atomic E-state index is 0.0920. The molecule has 2 rings (SSSR count). The van der Waals surface area contributed by atoms with Crippen molar-refractivity contribution in [2.75, 3.05) is 19.6 Å². The Balaban J connectivity index is 1.88. The van der Waals surface area contributed by atoms with Gasteiger partial charge in [-0.1, -0.05) is 13.3 Å². The zero-order chi connectivity index (χ0) is 13.9. The van der Waals surface area contributed by atoms with Crippen molar-refractivity contribution in [3.05, 3.63) is 0 Å². The predicted molar refractivity (Wildman–Crippen MR) is 71.9 cm³/mol. The Morgan fingerprint density at radius 2 is 2.11 bits per heavy atom. The average Bonchev–Trinajstić information content (AvgIpc) is 2.36. The molecule has 0 bridgehead atoms. The van der Waals surface area contributed by atoms with Gasteiger partial charge in [-0.25, -0.2) is 4.79 Å². The van der Waals surface area contributed by atoms with Crippen LogP contribution in [0.3, 0.4) is 0 Å². The SMILES string of the molecule is CCC1(C(=O)O)CCCN(C(=O)NCC2CCC2)C1. The van der Waals surface area contributed by atoms with Crippen LogP contribution in [0.5, 0.6) is 0 Å². The fourth-order valence-electron chi connectivity index (χ4n) is 2.96. The fraction of sp³-hybridized carbons (Fsp3) is 0.857. The first-order valence-corrected chi connectivity index (χ1v) is 7.33. The molecular formula is C14H24N2O3. The highest BCUT2D eigenvalue weighted by Gasteiger charge is 2.42. The van der Waals surface area contributed by atoms with Crippen molar-refractivity contribution in [1.29, 1.82) is 0 Å². The minimum Gasteiger partial charge on any atom is -0.481 e. The molecular weight excluding hydrogens is 244 g/mol. The Morgan fingerprint density at radius 3 is 2.63 bits per heavy atom. The van der Waals surface area contributed by atoms with Crippen LogP contribution < -0.4 is 5.32 Å². The molecule has 1 atom stereocenters. The van der Waals surface area contributed by atoms with Crippen LogP contribution in [0.15, 0.2) is 0 Å². The summed E-state index contributed by atoms with van der Waals surface area (Å²) in [5, 5.41) is 12.3. The van der Waals surface area contributed by atoms with Crippen molar-refractivity contribution in [3.63, 3.8) is 0 Å². The summed E-state index contributed by atoms with van der Waals surface area (Å²) in [6, 6.07) is -0.0920. The molecule has 0 spiro atoms. The van der Waals surface area contributed by atoms with Crippen molar-refractivity contribution < 1.29 is 14.7 Å². The molecule has 1 saturated carbocycles. The highest BCUT2D eigenvalue weighted by atomic mass is 16.4. The fourth-order valence-corrected chi connectivity index (χ4v) is 2.96. The summed E-state index contributed by atoms with van der Waals surface area (Å²) < 4.78 is 0. The third-order valence-corrected chi connectivity index (χ3v) is 4.76. The monoisotopic (exact) mass is 268 g/mol. The van der Waals surface area contributed by atoms with Crippen LogP contribution in [0.4, 0.5) is 4.79 Å². The van der Waals surface area contributed by atoms with Gasteiger partial charge in [0.25, 0.3) is 0 Å². The molecule has 2 aliphatic rings. The van der Waals surface area contributed by atoms with Crippen LogP contribution in [-0.2, 0) is 4.79 Å². The van der Waals surface area contributed by atoms with Crippen LogP contribution in [0, 0.1) is 11.3 Å². The first-order valence-electron chi connectivity index (χ1n) is 7.33. The van der Waals surface area contributed by atoms with E-state index in [0.29, 0.717) is 31.8 Å². The second-order valence-corrected chi connectivity index (χ2v) is 5.95. The summed E-state index contributed by atoms with van der Waals surface area (Å²) in [6.45, 7) is 3.65. The molecule has 1 saturated heterocycles. The first kappa shape index (κ1) is 14.2. The van der Waals surface area contributed by atoms with Gasteiger partial charge in [-0.15, -0.1) is 0 Å². The van der Waals surface area contributed by atoms with Gasteiger partial charge in [0, 0.05) is 19.6 Å². The van der Waals surface area contributed by atoms with Crippen molar-refractivity contribution in [1.82, 2.24) is 10.2 Å². The molecule has 5 heteroatoms. The highest BCUT2D eigenvalue weighted by molar-refractivity contribution is 5.78. The Hall–Kier alpha value is -1.26. The topological polar surface area (TPSA) is 69.6 Å². The normalized spacial score (nSPS) is 27.7. The van der Waals surface area contributed by atoms with E-state index in [1.807, 2.05) is 6.92 Å². The summed E-state index contributed by atoms with van der Waals surface area (Å²) in [5.41, 5.74) is -0.744. The molecule has 1 heterocycles. The van der Waals surface area contributed by atoms with Crippen LogP contribution >= 0.6 is 0 Å². The van der Waals surface area contributed by atoms with Crippen molar-refractivity contribution in [3.8, 4) is 0 Å². The molecule has 5 nitrogen and oxygen atoms in total. The van der Waals surface area contributed by atoms with Crippen LogP contribution in [0.25, 0.3) is 0 Å². The number of carboxylic acid groups (broad SMARTS) is 1. The van der Waals surface area contributed by atoms with Gasteiger partial charge in [0.1, 0.15) is 0 Å². The molecule has 108 valence electrons. The summed E-state index contributed by atoms with van der Waals surface area (Å²) in [5.74, 6) is -0.143. The minimum atomic E-state index is -0.772. The first-order chi connectivity index (χ1) is 9.07. The van der Waals surface area contributed by atoms with Crippen LogP contribution in [0.1, 0.15) is 45.4 Å². The number of hydrogen-bond acceptors (Lipinski definition) is 2. The number of carboxylic acids is 1. The maximum absolute atomic E-state index is 12.1. The summed E-state index contributed by atoms with van der Waals surface area (Å²) in [6.07, 6.45) is 5.70. The van der Waals surface area contributed by atoms with Crippen molar-refractivity contribution in [2.24, 2.45) is 11.3 Å². The van der Waals surface area contributed by atoms with Gasteiger partial charge in [-0.3, -0.25) is 4.79 Å². The quantitative estimate of drug-likeness (QED) is 0.820. The highest BCUT2D eigenvalue weighted by Crippen LogP contribution is 2.33. The van der Waals surface area contributed by atoms with Gasteiger partial charge in [0.15, 0.2) is 0 Å². The number of hydrogen-bond donors (Lipinski definition) is 2. The van der Waals surface area contributed by atoms with Crippen molar-refractivity contribution in [2.45, 2.75) is 45.4 Å². The number of aliphatic carboxylic acids is 1. The molecule has 0 aromatic heterocycles. The molecule has 19 heavy (non-hydrogen) atoms. The van der Waals surface area contributed by atoms with Crippen LogP contribution in [0.2, 0.25) is 0 Å². The number of piperidine rings is 1. The molecule has 0 aromatic carbocycles. The Morgan fingerprint density at radius 1 is 1.37 bits per heavy atom. The van der Waals surface area contributed by atoms with Gasteiger partial charge in [0.05, 0.1) is 5.41 Å². The molecule has 2 N–H and O–H groups in total. The van der Waals surface area contributed by atoms with Gasteiger partial charge >= 0.3 is 12.0 Å². The number of urea groups is 1. The lowest BCUT2D eigenvalue weighted by Crippen LogP contribution is -2.53. The van der Waals surface area contributed by atoms with Gasteiger partial charge in [-0.2, -0.15) is 0 Å². The van der Waals surface area contributed by atoms with E-state index >= 15 is 0 Å². The van der Waals surface area contributed by atoms with E-state index in [1.165, 1.54) is 19.3 Å². The molecule has 1 aliphatic heterocycles. The smallest absolute Gasteiger partial charge is 0.317 e. The lowest BCUT2D eigenvalue weighted by molar-refractivity contribution is -0.152. The lowest BCUT2D eigenvalue weighted by Gasteiger charge is -2.39. The molecule has 0 aromatic rings. The van der Waals surface area contributed by atoms with E-state index < -0.39 is 11.4 Å². The van der Waals surface area contributed by atoms with E-state index in [-0.39, 0.29) is 6.03 Å². The molecule has 2 amide bonds. The van der Waals surface area contributed by atoms with Gasteiger partial charge in [0.2, 0.25) is 0 Å². The number of amides is 2. The van der Waals surface area contributed by atoms with Crippen LogP contribution in [-0.4, -0.2) is 41.6 Å². The molecule has 1 aliphatic carbocycles. The van der Waals surface area contributed by atoms with E-state index in [1.54, 1.807) is 4.90 Å². The Kier molecular flexibility index (Phi) is 4.32. The lowest BCUT2D eigenvalue weighted by atomic mass is 9.78. The number of likely N-dealkylation sites (tertiary alicyclic amines) is 1. The third kappa shape index (κ3) is 3.01. The molecule has 0 radical (unpaired) electrons. The van der Waals surface area contributed by atoms with E-state index in [0.717, 1.165) is 13.0 Å². The third-order valence-electron chi connectivity index (χ3n) is 4.76. The second-order valence-electron chi connectivity index (χ2n) is 5.95. The number of carbonyl (C=O) groups excluding carboxylic acids is 1. The van der Waals surface area contributed by atoms with Crippen molar-refractivity contribution >= 4 is 12.0 Å². The summed E-state index contributed by atoms with van der Waals surface area (Å²) in [7, 11) is 0. The van der Waals surface area contributed by atoms with Gasteiger partial charge in [-0.05, 0) is 38.0 Å². The molecule has 1 unspecified atom stereocenters. The van der Waals surface area contributed by atoms with E-state index in [9.17, 15) is 14.7 Å². The standard InChI is InChI=1S/C14H24N2O3/c1-2-14(12(17)18)7-4-8-16(10-14)13(19)15-9-11-5-3-6-11/h11H,2-10H2,1H3,(H,15,19)(H,17,18). The number of carbonyl (C=O) groups is 2. The largest absolute Gasteiger partial charge is 0.481 e. The van der Waals surface area contributed by atoms with E-state index in [2.05, 4.69) is 5.32 Å². The molecule has 2 fully saturated rings. The average molecular weight is 268 g/mol. The number of nitrogens with zero attached hydrogens (tertiary/aromatic N) is 1. The summed E-state index contributed by atoms with van der Waals surface area (Å²) in [4.78, 5) is 25.2. The second kappa shape index (κ2) is 5.80. The van der Waals surface area contributed by atoms with Gasteiger partial charge < -0.3 is 15.3 Å². The maximum atomic E-state index is 12.1. The zero-order valence-electron chi connectivity index (χ0n) is 11.7.